The highest BCUT2D eigenvalue weighted by Gasteiger charge is 2.44. The highest BCUT2D eigenvalue weighted by atomic mass is 16.9. The molecule has 0 unspecified atom stereocenters. The number of hydrogen-bond acceptors (Lipinski definition) is 5. The molecule has 0 aromatic carbocycles. The summed E-state index contributed by atoms with van der Waals surface area (Å²) < 4.78 is 28.1. The predicted molar refractivity (Wildman–Crippen MR) is 69.3 cm³/mol. The largest absolute Gasteiger partial charge is 0.346 e. The molecule has 0 atom stereocenters. The summed E-state index contributed by atoms with van der Waals surface area (Å²) in [6, 6.07) is 0. The molecule has 0 N–H and O–H groups in total. The Morgan fingerprint density at radius 2 is 1.22 bits per heavy atom. The van der Waals surface area contributed by atoms with Gasteiger partial charge in [0.05, 0.1) is 6.61 Å². The quantitative estimate of drug-likeness (QED) is 0.507. The van der Waals surface area contributed by atoms with Crippen LogP contribution in [0.2, 0.25) is 0 Å². The molecule has 0 aliphatic heterocycles. The highest BCUT2D eigenvalue weighted by molar-refractivity contribution is 4.64. The van der Waals surface area contributed by atoms with Crippen LogP contribution in [0.15, 0.2) is 0 Å². The molecule has 0 aromatic heterocycles. The van der Waals surface area contributed by atoms with Crippen molar-refractivity contribution in [1.82, 2.24) is 0 Å². The van der Waals surface area contributed by atoms with E-state index < -0.39 is 12.3 Å². The Bertz CT molecular complexity index is 174. The lowest BCUT2D eigenvalue weighted by Crippen LogP contribution is -2.52. The van der Waals surface area contributed by atoms with Crippen molar-refractivity contribution in [2.75, 3.05) is 33.0 Å². The number of hydrogen-bond donors (Lipinski definition) is 0. The minimum atomic E-state index is -1.27. The summed E-state index contributed by atoms with van der Waals surface area (Å²) in [7, 11) is 0. The third kappa shape index (κ3) is 5.63. The summed E-state index contributed by atoms with van der Waals surface area (Å²) in [5.41, 5.74) is 0. The Balaban J connectivity index is 4.91. The molecule has 0 spiro atoms. The van der Waals surface area contributed by atoms with E-state index in [0.717, 1.165) is 6.42 Å². The topological polar surface area (TPSA) is 46.2 Å². The zero-order valence-corrected chi connectivity index (χ0v) is 12.4. The smallest absolute Gasteiger partial charge is 0.337 e. The summed E-state index contributed by atoms with van der Waals surface area (Å²) in [6.07, 6.45) is 0.186. The van der Waals surface area contributed by atoms with Gasteiger partial charge in [-0.3, -0.25) is 0 Å². The van der Waals surface area contributed by atoms with Crippen molar-refractivity contribution in [3.63, 3.8) is 0 Å². The first-order valence-corrected chi connectivity index (χ1v) is 6.85. The van der Waals surface area contributed by atoms with Crippen LogP contribution in [0.4, 0.5) is 0 Å². The van der Waals surface area contributed by atoms with Gasteiger partial charge in [0.25, 0.3) is 0 Å². The van der Waals surface area contributed by atoms with Crippen molar-refractivity contribution in [2.45, 2.75) is 53.3 Å². The van der Waals surface area contributed by atoms with Gasteiger partial charge >= 0.3 is 5.97 Å². The fraction of sp³-hybridized carbons (Fsp3) is 1.00. The Hall–Kier alpha value is -0.200. The van der Waals surface area contributed by atoms with Gasteiger partial charge < -0.3 is 23.7 Å². The van der Waals surface area contributed by atoms with Crippen LogP contribution in [0.3, 0.4) is 0 Å². The van der Waals surface area contributed by atoms with Crippen LogP contribution in [0.1, 0.15) is 41.0 Å². The molecule has 0 aliphatic rings. The second-order valence-electron chi connectivity index (χ2n) is 3.56. The van der Waals surface area contributed by atoms with Crippen molar-refractivity contribution >= 4 is 0 Å². The summed E-state index contributed by atoms with van der Waals surface area (Å²) in [6.45, 7) is 12.0. The van der Waals surface area contributed by atoms with Gasteiger partial charge in [-0.25, -0.2) is 0 Å². The standard InChI is InChI=1S/C13H28O5/c1-6-11-18-13(16-9-4,17-10-5)12(14-7-2)15-8-3/h12H,6-11H2,1-5H3. The SMILES string of the molecule is CCCOC(OCC)(OCC)C(OCC)OCC. The van der Waals surface area contributed by atoms with E-state index in [-0.39, 0.29) is 0 Å². The molecule has 5 heteroatoms. The number of ether oxygens (including phenoxy) is 5. The Kier molecular flexibility index (Phi) is 10.6. The third-order valence-corrected chi connectivity index (χ3v) is 2.12. The lowest BCUT2D eigenvalue weighted by atomic mass is 10.4. The van der Waals surface area contributed by atoms with Crippen molar-refractivity contribution in [1.29, 1.82) is 0 Å². The van der Waals surface area contributed by atoms with E-state index in [0.29, 0.717) is 33.0 Å². The van der Waals surface area contributed by atoms with Gasteiger partial charge in [0, 0.05) is 26.4 Å². The first kappa shape index (κ1) is 17.8. The summed E-state index contributed by atoms with van der Waals surface area (Å²) in [5, 5.41) is 0. The van der Waals surface area contributed by atoms with Gasteiger partial charge in [0.1, 0.15) is 0 Å². The maximum Gasteiger partial charge on any atom is 0.337 e. The summed E-state index contributed by atoms with van der Waals surface area (Å²) in [5.74, 6) is -1.27. The maximum atomic E-state index is 5.73. The minimum absolute atomic E-state index is 0.459. The molecule has 0 aliphatic carbocycles. The van der Waals surface area contributed by atoms with E-state index in [2.05, 4.69) is 0 Å². The second kappa shape index (κ2) is 10.7. The van der Waals surface area contributed by atoms with E-state index in [4.69, 9.17) is 23.7 Å². The molecule has 0 saturated carbocycles. The normalized spacial score (nSPS) is 12.3. The van der Waals surface area contributed by atoms with Crippen LogP contribution in [-0.4, -0.2) is 45.3 Å². The monoisotopic (exact) mass is 264 g/mol. The van der Waals surface area contributed by atoms with Crippen LogP contribution in [0.5, 0.6) is 0 Å². The van der Waals surface area contributed by atoms with Gasteiger partial charge in [0.2, 0.25) is 6.29 Å². The predicted octanol–water partition coefficient (Wildman–Crippen LogP) is 2.54. The first-order valence-electron chi connectivity index (χ1n) is 6.85. The van der Waals surface area contributed by atoms with E-state index in [9.17, 15) is 0 Å². The number of rotatable bonds is 12. The van der Waals surface area contributed by atoms with Gasteiger partial charge in [-0.05, 0) is 34.1 Å². The Morgan fingerprint density at radius 3 is 1.56 bits per heavy atom. The summed E-state index contributed by atoms with van der Waals surface area (Å²) >= 11 is 0. The lowest BCUT2D eigenvalue weighted by Gasteiger charge is -2.37. The summed E-state index contributed by atoms with van der Waals surface area (Å²) in [4.78, 5) is 0. The van der Waals surface area contributed by atoms with Crippen LogP contribution in [-0.2, 0) is 23.7 Å². The van der Waals surface area contributed by atoms with E-state index in [1.807, 2.05) is 34.6 Å². The van der Waals surface area contributed by atoms with Gasteiger partial charge in [-0.1, -0.05) is 6.92 Å². The molecule has 0 aromatic rings. The van der Waals surface area contributed by atoms with Crippen molar-refractivity contribution in [3.8, 4) is 0 Å². The molecular weight excluding hydrogens is 236 g/mol. The molecule has 0 bridgehead atoms. The minimum Gasteiger partial charge on any atom is -0.346 e. The fourth-order valence-corrected chi connectivity index (χ4v) is 1.53. The molecular formula is C13H28O5. The van der Waals surface area contributed by atoms with Crippen molar-refractivity contribution < 1.29 is 23.7 Å². The molecule has 0 rings (SSSR count). The maximum absolute atomic E-state index is 5.73. The van der Waals surface area contributed by atoms with E-state index in [1.165, 1.54) is 0 Å². The molecule has 0 fully saturated rings. The average Bonchev–Trinajstić information content (AvgIpc) is 2.36. The molecule has 18 heavy (non-hydrogen) atoms. The lowest BCUT2D eigenvalue weighted by molar-refractivity contribution is -0.453. The van der Waals surface area contributed by atoms with E-state index >= 15 is 0 Å². The fourth-order valence-electron chi connectivity index (χ4n) is 1.53. The van der Waals surface area contributed by atoms with Crippen LogP contribution in [0.25, 0.3) is 0 Å². The Labute approximate surface area is 111 Å². The van der Waals surface area contributed by atoms with Crippen LogP contribution < -0.4 is 0 Å². The molecule has 0 radical (unpaired) electrons. The molecule has 0 amide bonds. The van der Waals surface area contributed by atoms with Gasteiger partial charge in [-0.15, -0.1) is 0 Å². The molecule has 110 valence electrons. The zero-order valence-electron chi connectivity index (χ0n) is 12.4. The zero-order chi connectivity index (χ0) is 13.9. The van der Waals surface area contributed by atoms with Crippen molar-refractivity contribution in [2.24, 2.45) is 0 Å². The van der Waals surface area contributed by atoms with Crippen LogP contribution in [0, 0.1) is 0 Å². The van der Waals surface area contributed by atoms with Crippen LogP contribution >= 0.6 is 0 Å². The first-order chi connectivity index (χ1) is 8.70. The highest BCUT2D eigenvalue weighted by Crippen LogP contribution is 2.24. The average molecular weight is 264 g/mol. The second-order valence-corrected chi connectivity index (χ2v) is 3.56. The van der Waals surface area contributed by atoms with E-state index in [1.54, 1.807) is 0 Å². The Morgan fingerprint density at radius 1 is 0.722 bits per heavy atom. The third-order valence-electron chi connectivity index (χ3n) is 2.12. The van der Waals surface area contributed by atoms with Gasteiger partial charge in [-0.2, -0.15) is 0 Å². The van der Waals surface area contributed by atoms with Gasteiger partial charge in [0.15, 0.2) is 0 Å². The molecule has 0 heterocycles. The molecule has 5 nitrogen and oxygen atoms in total. The molecule has 0 saturated heterocycles. The van der Waals surface area contributed by atoms with Crippen molar-refractivity contribution in [3.05, 3.63) is 0 Å².